The highest BCUT2D eigenvalue weighted by Crippen LogP contribution is 2.26. The molecule has 1 amide bonds. The van der Waals surface area contributed by atoms with Gasteiger partial charge >= 0.3 is 5.97 Å². The summed E-state index contributed by atoms with van der Waals surface area (Å²) in [6, 6.07) is 1.89. The van der Waals surface area contributed by atoms with Gasteiger partial charge in [0.25, 0.3) is 5.91 Å². The van der Waals surface area contributed by atoms with Crippen LogP contribution in [-0.2, 0) is 9.53 Å². The Morgan fingerprint density at radius 3 is 2.54 bits per heavy atom. The maximum Gasteiger partial charge on any atom is 0.308 e. The minimum absolute atomic E-state index is 0.0565. The fourth-order valence-corrected chi connectivity index (χ4v) is 3.10. The van der Waals surface area contributed by atoms with Crippen molar-refractivity contribution in [1.29, 1.82) is 0 Å². The van der Waals surface area contributed by atoms with Crippen molar-refractivity contribution >= 4 is 29.2 Å². The molecule has 0 atom stereocenters. The molecule has 1 saturated carbocycles. The number of halogens is 1. The van der Waals surface area contributed by atoms with Crippen molar-refractivity contribution in [2.45, 2.75) is 51.6 Å². The second kappa shape index (κ2) is 8.33. The Morgan fingerprint density at radius 2 is 1.96 bits per heavy atom. The lowest BCUT2D eigenvalue weighted by molar-refractivity contribution is -0.146. The Kier molecular flexibility index (Phi) is 6.43. The number of methoxy groups -OCH3 is 1. The number of ether oxygens (including phenoxy) is 1. The summed E-state index contributed by atoms with van der Waals surface area (Å²) in [4.78, 5) is 28.1. The molecule has 0 aliphatic heterocycles. The SMILES string of the molecule is COC(=O)C1CCC(NC(=O)c2cnc(Cl)cc2NC(C)C)CC1. The Labute approximate surface area is 147 Å². The lowest BCUT2D eigenvalue weighted by atomic mass is 9.86. The Hall–Kier alpha value is -1.82. The summed E-state index contributed by atoms with van der Waals surface area (Å²) in [5.74, 6) is -0.396. The van der Waals surface area contributed by atoms with Gasteiger partial charge in [-0.25, -0.2) is 4.98 Å². The highest BCUT2D eigenvalue weighted by Gasteiger charge is 2.28. The molecule has 132 valence electrons. The van der Waals surface area contributed by atoms with Gasteiger partial charge in [0.2, 0.25) is 0 Å². The van der Waals surface area contributed by atoms with E-state index in [9.17, 15) is 9.59 Å². The molecule has 1 aliphatic carbocycles. The Balaban J connectivity index is 1.99. The van der Waals surface area contributed by atoms with E-state index in [0.717, 1.165) is 25.7 Å². The van der Waals surface area contributed by atoms with Crippen molar-refractivity contribution in [3.63, 3.8) is 0 Å². The summed E-state index contributed by atoms with van der Waals surface area (Å²) in [7, 11) is 1.41. The molecular weight excluding hydrogens is 330 g/mol. The average Bonchev–Trinajstić information content (AvgIpc) is 2.54. The van der Waals surface area contributed by atoms with Crippen LogP contribution in [0.15, 0.2) is 12.3 Å². The Morgan fingerprint density at radius 1 is 1.29 bits per heavy atom. The first kappa shape index (κ1) is 18.5. The van der Waals surface area contributed by atoms with Crippen LogP contribution in [0.4, 0.5) is 5.69 Å². The van der Waals surface area contributed by atoms with E-state index >= 15 is 0 Å². The summed E-state index contributed by atoms with van der Waals surface area (Å²) < 4.78 is 4.78. The molecule has 0 bridgehead atoms. The van der Waals surface area contributed by atoms with E-state index < -0.39 is 0 Å². The molecule has 0 aromatic carbocycles. The number of nitrogens with zero attached hydrogens (tertiary/aromatic N) is 1. The predicted octanol–water partition coefficient (Wildman–Crippen LogP) is 3.02. The highest BCUT2D eigenvalue weighted by atomic mass is 35.5. The predicted molar refractivity (Wildman–Crippen MR) is 93.2 cm³/mol. The van der Waals surface area contributed by atoms with Crippen LogP contribution in [0, 0.1) is 5.92 Å². The van der Waals surface area contributed by atoms with Gasteiger partial charge in [0.1, 0.15) is 5.15 Å². The Bertz CT molecular complexity index is 599. The number of aromatic nitrogens is 1. The van der Waals surface area contributed by atoms with Gasteiger partial charge in [-0.1, -0.05) is 11.6 Å². The van der Waals surface area contributed by atoms with Crippen molar-refractivity contribution in [2.24, 2.45) is 5.92 Å². The van der Waals surface area contributed by atoms with Gasteiger partial charge < -0.3 is 15.4 Å². The van der Waals surface area contributed by atoms with Crippen LogP contribution in [0.25, 0.3) is 0 Å². The van der Waals surface area contributed by atoms with Gasteiger partial charge in [-0.15, -0.1) is 0 Å². The molecule has 0 spiro atoms. The fourth-order valence-electron chi connectivity index (χ4n) is 2.94. The minimum atomic E-state index is -0.177. The molecule has 2 N–H and O–H groups in total. The van der Waals surface area contributed by atoms with Gasteiger partial charge in [-0.3, -0.25) is 9.59 Å². The first-order valence-electron chi connectivity index (χ1n) is 8.21. The number of esters is 1. The number of hydrogen-bond donors (Lipinski definition) is 2. The van der Waals surface area contributed by atoms with E-state index in [4.69, 9.17) is 16.3 Å². The summed E-state index contributed by atoms with van der Waals surface area (Å²) in [6.45, 7) is 3.98. The third-order valence-electron chi connectivity index (χ3n) is 4.16. The van der Waals surface area contributed by atoms with Crippen molar-refractivity contribution in [3.05, 3.63) is 23.0 Å². The maximum atomic E-state index is 12.6. The maximum absolute atomic E-state index is 12.6. The molecule has 1 aromatic rings. The molecule has 0 saturated heterocycles. The zero-order valence-corrected chi connectivity index (χ0v) is 15.0. The van der Waals surface area contributed by atoms with Crippen molar-refractivity contribution in [2.75, 3.05) is 12.4 Å². The molecule has 1 aromatic heterocycles. The summed E-state index contributed by atoms with van der Waals surface area (Å²) >= 11 is 5.93. The zero-order chi connectivity index (χ0) is 17.7. The van der Waals surface area contributed by atoms with Crippen molar-refractivity contribution in [1.82, 2.24) is 10.3 Å². The van der Waals surface area contributed by atoms with Crippen LogP contribution >= 0.6 is 11.6 Å². The van der Waals surface area contributed by atoms with E-state index in [1.54, 1.807) is 6.07 Å². The van der Waals surface area contributed by atoms with Gasteiger partial charge in [-0.2, -0.15) is 0 Å². The molecule has 0 unspecified atom stereocenters. The monoisotopic (exact) mass is 353 g/mol. The van der Waals surface area contributed by atoms with Crippen LogP contribution in [0.3, 0.4) is 0 Å². The van der Waals surface area contributed by atoms with Gasteiger partial charge in [0.15, 0.2) is 0 Å². The number of carbonyl (C=O) groups excluding carboxylic acids is 2. The summed E-state index contributed by atoms with van der Waals surface area (Å²) in [6.07, 6.45) is 4.47. The third kappa shape index (κ3) is 4.84. The van der Waals surface area contributed by atoms with Crippen LogP contribution in [-0.4, -0.2) is 36.1 Å². The topological polar surface area (TPSA) is 80.3 Å². The number of nitrogens with one attached hydrogen (secondary N) is 2. The number of rotatable bonds is 5. The molecular formula is C17H24ClN3O3. The molecule has 0 radical (unpaired) electrons. The average molecular weight is 354 g/mol. The van der Waals surface area contributed by atoms with E-state index in [0.29, 0.717) is 16.4 Å². The van der Waals surface area contributed by atoms with E-state index in [2.05, 4.69) is 15.6 Å². The van der Waals surface area contributed by atoms with Crippen LogP contribution in [0.5, 0.6) is 0 Å². The number of hydrogen-bond acceptors (Lipinski definition) is 5. The van der Waals surface area contributed by atoms with Crippen LogP contribution < -0.4 is 10.6 Å². The van der Waals surface area contributed by atoms with Gasteiger partial charge in [-0.05, 0) is 45.6 Å². The minimum Gasteiger partial charge on any atom is -0.469 e. The second-order valence-corrected chi connectivity index (χ2v) is 6.78. The summed E-state index contributed by atoms with van der Waals surface area (Å²) in [5, 5.41) is 6.59. The second-order valence-electron chi connectivity index (χ2n) is 6.40. The van der Waals surface area contributed by atoms with E-state index in [1.165, 1.54) is 13.3 Å². The van der Waals surface area contributed by atoms with Crippen molar-refractivity contribution in [3.8, 4) is 0 Å². The van der Waals surface area contributed by atoms with E-state index in [-0.39, 0.29) is 29.9 Å². The van der Waals surface area contributed by atoms with Crippen molar-refractivity contribution < 1.29 is 14.3 Å². The number of anilines is 1. The molecule has 2 rings (SSSR count). The lowest BCUT2D eigenvalue weighted by Crippen LogP contribution is -2.39. The first-order valence-corrected chi connectivity index (χ1v) is 8.59. The van der Waals surface area contributed by atoms with Crippen LogP contribution in [0.2, 0.25) is 5.15 Å². The molecule has 24 heavy (non-hydrogen) atoms. The molecule has 7 heteroatoms. The number of carbonyl (C=O) groups is 2. The molecule has 1 heterocycles. The fraction of sp³-hybridized carbons (Fsp3) is 0.588. The van der Waals surface area contributed by atoms with Gasteiger partial charge in [0, 0.05) is 18.3 Å². The lowest BCUT2D eigenvalue weighted by Gasteiger charge is -2.27. The molecule has 1 aliphatic rings. The molecule has 1 fully saturated rings. The smallest absolute Gasteiger partial charge is 0.308 e. The molecule has 6 nitrogen and oxygen atoms in total. The highest BCUT2D eigenvalue weighted by molar-refractivity contribution is 6.29. The van der Waals surface area contributed by atoms with E-state index in [1.807, 2.05) is 13.8 Å². The normalized spacial score (nSPS) is 20.5. The summed E-state index contributed by atoms with van der Waals surface area (Å²) in [5.41, 5.74) is 1.15. The quantitative estimate of drug-likeness (QED) is 0.628. The largest absolute Gasteiger partial charge is 0.469 e. The van der Waals surface area contributed by atoms with Gasteiger partial charge in [0.05, 0.1) is 24.3 Å². The zero-order valence-electron chi connectivity index (χ0n) is 14.3. The first-order chi connectivity index (χ1) is 11.4. The number of pyridine rings is 1. The van der Waals surface area contributed by atoms with Crippen LogP contribution in [0.1, 0.15) is 49.9 Å². The number of amides is 1. The third-order valence-corrected chi connectivity index (χ3v) is 4.36. The standard InChI is InChI=1S/C17H24ClN3O3/c1-10(2)20-14-8-15(18)19-9-13(14)16(22)21-12-6-4-11(5-7-12)17(23)24-3/h8-12H,4-7H2,1-3H3,(H,19,20)(H,21,22).